The number of nitrogens with zero attached hydrogens (tertiary/aromatic N) is 3. The quantitative estimate of drug-likeness (QED) is 0.937. The van der Waals surface area contributed by atoms with Crippen LogP contribution >= 0.6 is 23.2 Å². The molecule has 5 nitrogen and oxygen atoms in total. The molecule has 0 unspecified atom stereocenters. The Hall–Kier alpha value is -1.59. The van der Waals surface area contributed by atoms with Crippen LogP contribution in [0.2, 0.25) is 10.3 Å². The number of hydrogen-bond acceptors (Lipinski definition) is 5. The zero-order chi connectivity index (χ0) is 13.1. The maximum absolute atomic E-state index is 6.05. The number of anilines is 1. The largest absolute Gasteiger partial charge is 0.423 e. The summed E-state index contributed by atoms with van der Waals surface area (Å²) in [6.07, 6.45) is 0. The van der Waals surface area contributed by atoms with Crippen LogP contribution < -0.4 is 10.1 Å². The first kappa shape index (κ1) is 12.9. The van der Waals surface area contributed by atoms with Gasteiger partial charge in [0, 0.05) is 7.05 Å². The van der Waals surface area contributed by atoms with Crippen LogP contribution in [-0.4, -0.2) is 22.0 Å². The normalized spacial score (nSPS) is 10.2. The van der Waals surface area contributed by atoms with Gasteiger partial charge in [-0.25, -0.2) is 0 Å². The number of halogens is 2. The molecule has 1 aromatic heterocycles. The van der Waals surface area contributed by atoms with Crippen LogP contribution in [0.3, 0.4) is 0 Å². The van der Waals surface area contributed by atoms with Gasteiger partial charge in [-0.3, -0.25) is 0 Å². The fourth-order valence-electron chi connectivity index (χ4n) is 1.28. The number of hydrogen-bond donors (Lipinski definition) is 1. The smallest absolute Gasteiger partial charge is 0.328 e. The van der Waals surface area contributed by atoms with Crippen LogP contribution in [0.5, 0.6) is 11.8 Å². The Kier molecular flexibility index (Phi) is 3.84. The summed E-state index contributed by atoms with van der Waals surface area (Å²) in [4.78, 5) is 11.7. The van der Waals surface area contributed by atoms with Gasteiger partial charge in [0.05, 0.1) is 5.02 Å². The van der Waals surface area contributed by atoms with Crippen molar-refractivity contribution in [2.75, 3.05) is 12.4 Å². The molecule has 0 aliphatic heterocycles. The Morgan fingerprint density at radius 3 is 2.61 bits per heavy atom. The molecule has 1 aromatic carbocycles. The third kappa shape index (κ3) is 3.00. The van der Waals surface area contributed by atoms with Crippen LogP contribution in [0.1, 0.15) is 5.56 Å². The molecule has 94 valence electrons. The van der Waals surface area contributed by atoms with Gasteiger partial charge in [0.1, 0.15) is 5.75 Å². The van der Waals surface area contributed by atoms with E-state index in [2.05, 4.69) is 20.3 Å². The highest BCUT2D eigenvalue weighted by molar-refractivity contribution is 6.32. The highest BCUT2D eigenvalue weighted by Gasteiger charge is 2.08. The standard InChI is InChI=1S/C11H10Cl2N4O/c1-6-3-4-8(7(12)5-6)18-11-16-9(13)15-10(14-2)17-11/h3-5H,1-2H3,(H,14,15,16,17). The summed E-state index contributed by atoms with van der Waals surface area (Å²) in [5, 5.41) is 3.29. The van der Waals surface area contributed by atoms with Crippen molar-refractivity contribution >= 4 is 29.2 Å². The summed E-state index contributed by atoms with van der Waals surface area (Å²) in [5.41, 5.74) is 1.04. The van der Waals surface area contributed by atoms with Crippen LogP contribution in [-0.2, 0) is 0 Å². The number of ether oxygens (including phenoxy) is 1. The molecule has 2 aromatic rings. The average Bonchev–Trinajstić information content (AvgIpc) is 2.32. The SMILES string of the molecule is CNc1nc(Cl)nc(Oc2ccc(C)cc2Cl)n1. The lowest BCUT2D eigenvalue weighted by Crippen LogP contribution is -2.01. The Bertz CT molecular complexity index is 577. The zero-order valence-corrected chi connectivity index (χ0v) is 11.2. The second kappa shape index (κ2) is 5.37. The number of aryl methyl sites for hydroxylation is 1. The molecule has 1 N–H and O–H groups in total. The maximum Gasteiger partial charge on any atom is 0.328 e. The Labute approximate surface area is 114 Å². The third-order valence-electron chi connectivity index (χ3n) is 2.10. The first-order valence-corrected chi connectivity index (χ1v) is 5.87. The minimum atomic E-state index is 0.0487. The predicted molar refractivity (Wildman–Crippen MR) is 70.6 cm³/mol. The van der Waals surface area contributed by atoms with Crippen LogP contribution in [0.15, 0.2) is 18.2 Å². The van der Waals surface area contributed by atoms with Crippen molar-refractivity contribution in [1.29, 1.82) is 0 Å². The van der Waals surface area contributed by atoms with Gasteiger partial charge in [-0.15, -0.1) is 0 Å². The molecule has 0 bridgehead atoms. The highest BCUT2D eigenvalue weighted by Crippen LogP contribution is 2.28. The molecule has 0 saturated carbocycles. The molecular formula is C11H10Cl2N4O. The first-order valence-electron chi connectivity index (χ1n) is 5.12. The molecule has 0 radical (unpaired) electrons. The van der Waals surface area contributed by atoms with Crippen molar-refractivity contribution in [2.24, 2.45) is 0 Å². The third-order valence-corrected chi connectivity index (χ3v) is 2.56. The van der Waals surface area contributed by atoms with E-state index in [9.17, 15) is 0 Å². The molecule has 0 fully saturated rings. The Balaban J connectivity index is 2.30. The predicted octanol–water partition coefficient (Wildman–Crippen LogP) is 3.32. The van der Waals surface area contributed by atoms with E-state index in [0.717, 1.165) is 5.56 Å². The van der Waals surface area contributed by atoms with Crippen molar-refractivity contribution in [1.82, 2.24) is 15.0 Å². The van der Waals surface area contributed by atoms with Crippen molar-refractivity contribution in [3.63, 3.8) is 0 Å². The van der Waals surface area contributed by atoms with Crippen molar-refractivity contribution in [2.45, 2.75) is 6.92 Å². The fraction of sp³-hybridized carbons (Fsp3) is 0.182. The Morgan fingerprint density at radius 1 is 1.17 bits per heavy atom. The van der Waals surface area contributed by atoms with Gasteiger partial charge in [0.2, 0.25) is 11.2 Å². The van der Waals surface area contributed by atoms with E-state index in [4.69, 9.17) is 27.9 Å². The van der Waals surface area contributed by atoms with Crippen LogP contribution in [0, 0.1) is 6.92 Å². The molecule has 0 saturated heterocycles. The van der Waals surface area contributed by atoms with E-state index in [1.807, 2.05) is 13.0 Å². The van der Waals surface area contributed by atoms with Gasteiger partial charge < -0.3 is 10.1 Å². The zero-order valence-electron chi connectivity index (χ0n) is 9.74. The van der Waals surface area contributed by atoms with E-state index in [-0.39, 0.29) is 11.3 Å². The molecule has 7 heteroatoms. The molecule has 0 amide bonds. The summed E-state index contributed by atoms with van der Waals surface area (Å²) in [6, 6.07) is 5.50. The van der Waals surface area contributed by atoms with Gasteiger partial charge in [0.15, 0.2) is 0 Å². The number of rotatable bonds is 3. The molecule has 0 aliphatic carbocycles. The minimum Gasteiger partial charge on any atom is -0.423 e. The van der Waals surface area contributed by atoms with E-state index in [1.54, 1.807) is 19.2 Å². The molecular weight excluding hydrogens is 275 g/mol. The number of nitrogens with one attached hydrogen (secondary N) is 1. The van der Waals surface area contributed by atoms with Gasteiger partial charge >= 0.3 is 6.01 Å². The summed E-state index contributed by atoms with van der Waals surface area (Å²) in [7, 11) is 1.67. The topological polar surface area (TPSA) is 59.9 Å². The van der Waals surface area contributed by atoms with Crippen LogP contribution in [0.4, 0.5) is 5.95 Å². The second-order valence-electron chi connectivity index (χ2n) is 3.50. The molecule has 0 atom stereocenters. The first-order chi connectivity index (χ1) is 8.58. The minimum absolute atomic E-state index is 0.0487. The average molecular weight is 285 g/mol. The van der Waals surface area contributed by atoms with Crippen molar-refractivity contribution < 1.29 is 4.74 Å². The van der Waals surface area contributed by atoms with Gasteiger partial charge in [-0.1, -0.05) is 17.7 Å². The van der Waals surface area contributed by atoms with E-state index in [1.165, 1.54) is 0 Å². The fourth-order valence-corrected chi connectivity index (χ4v) is 1.70. The summed E-state index contributed by atoms with van der Waals surface area (Å²) < 4.78 is 5.47. The Morgan fingerprint density at radius 2 is 1.94 bits per heavy atom. The van der Waals surface area contributed by atoms with E-state index >= 15 is 0 Å². The van der Waals surface area contributed by atoms with E-state index in [0.29, 0.717) is 16.7 Å². The molecule has 0 spiro atoms. The van der Waals surface area contributed by atoms with Crippen LogP contribution in [0.25, 0.3) is 0 Å². The number of benzene rings is 1. The molecule has 1 heterocycles. The lowest BCUT2D eigenvalue weighted by molar-refractivity contribution is 0.440. The summed E-state index contributed by atoms with van der Waals surface area (Å²) >= 11 is 11.8. The van der Waals surface area contributed by atoms with Crippen molar-refractivity contribution in [3.05, 3.63) is 34.1 Å². The van der Waals surface area contributed by atoms with Gasteiger partial charge in [-0.05, 0) is 36.2 Å². The maximum atomic E-state index is 6.05. The second-order valence-corrected chi connectivity index (χ2v) is 4.24. The lowest BCUT2D eigenvalue weighted by Gasteiger charge is -2.07. The van der Waals surface area contributed by atoms with Crippen molar-refractivity contribution in [3.8, 4) is 11.8 Å². The molecule has 18 heavy (non-hydrogen) atoms. The van der Waals surface area contributed by atoms with Gasteiger partial charge in [-0.2, -0.15) is 15.0 Å². The molecule has 0 aliphatic rings. The van der Waals surface area contributed by atoms with E-state index < -0.39 is 0 Å². The molecule has 2 rings (SSSR count). The summed E-state index contributed by atoms with van der Waals surface area (Å²) in [5.74, 6) is 0.792. The highest BCUT2D eigenvalue weighted by atomic mass is 35.5. The van der Waals surface area contributed by atoms with Gasteiger partial charge in [0.25, 0.3) is 0 Å². The number of aromatic nitrogens is 3. The summed E-state index contributed by atoms with van der Waals surface area (Å²) in [6.45, 7) is 1.94. The monoisotopic (exact) mass is 284 g/mol. The lowest BCUT2D eigenvalue weighted by atomic mass is 10.2.